The van der Waals surface area contributed by atoms with Crippen LogP contribution in [0.4, 0.5) is 0 Å². The second-order valence-corrected chi connectivity index (χ2v) is 4.74. The van der Waals surface area contributed by atoms with E-state index in [-0.39, 0.29) is 0 Å². The molecule has 2 N–H and O–H groups in total. The highest BCUT2D eigenvalue weighted by molar-refractivity contribution is 6.43. The van der Waals surface area contributed by atoms with Gasteiger partial charge in [-0.15, -0.1) is 0 Å². The maximum atomic E-state index is 6.23. The Hall–Kier alpha value is -1.02. The third-order valence-corrected chi connectivity index (χ3v) is 3.60. The lowest BCUT2D eigenvalue weighted by Gasteiger charge is -2.10. The molecule has 0 spiro atoms. The maximum Gasteiger partial charge on any atom is 0.0670 e. The minimum atomic E-state index is 0.519. The van der Waals surface area contributed by atoms with Crippen molar-refractivity contribution in [1.29, 1.82) is 0 Å². The standard InChI is InChI=1S/C14H13Cl2N/c1-9-5-6-10(8-17)7-12(9)11-3-2-4-13(15)14(11)16/h2-7H,8,17H2,1H3. The summed E-state index contributed by atoms with van der Waals surface area (Å²) in [6.45, 7) is 2.57. The van der Waals surface area contributed by atoms with Crippen LogP contribution in [0.15, 0.2) is 36.4 Å². The molecular weight excluding hydrogens is 253 g/mol. The van der Waals surface area contributed by atoms with Gasteiger partial charge in [0.15, 0.2) is 0 Å². The molecule has 0 aliphatic heterocycles. The molecule has 0 saturated heterocycles. The van der Waals surface area contributed by atoms with Gasteiger partial charge in [0.05, 0.1) is 10.0 Å². The lowest BCUT2D eigenvalue weighted by Crippen LogP contribution is -1.97. The molecule has 0 saturated carbocycles. The molecule has 0 amide bonds. The monoisotopic (exact) mass is 265 g/mol. The van der Waals surface area contributed by atoms with Crippen molar-refractivity contribution >= 4 is 23.2 Å². The van der Waals surface area contributed by atoms with Crippen molar-refractivity contribution in [1.82, 2.24) is 0 Å². The lowest BCUT2D eigenvalue weighted by atomic mass is 9.98. The molecular formula is C14H13Cl2N. The predicted molar refractivity (Wildman–Crippen MR) is 74.5 cm³/mol. The number of nitrogens with two attached hydrogens (primary N) is 1. The van der Waals surface area contributed by atoms with Gasteiger partial charge in [0.2, 0.25) is 0 Å². The molecule has 88 valence electrons. The van der Waals surface area contributed by atoms with Crippen LogP contribution >= 0.6 is 23.2 Å². The lowest BCUT2D eigenvalue weighted by molar-refractivity contribution is 1.07. The van der Waals surface area contributed by atoms with Gasteiger partial charge in [-0.3, -0.25) is 0 Å². The van der Waals surface area contributed by atoms with Gasteiger partial charge in [-0.2, -0.15) is 0 Å². The van der Waals surface area contributed by atoms with Gasteiger partial charge >= 0.3 is 0 Å². The van der Waals surface area contributed by atoms with Crippen molar-refractivity contribution in [2.24, 2.45) is 5.73 Å². The van der Waals surface area contributed by atoms with E-state index in [9.17, 15) is 0 Å². The SMILES string of the molecule is Cc1ccc(CN)cc1-c1cccc(Cl)c1Cl. The number of aryl methyl sites for hydroxylation is 1. The second-order valence-electron chi connectivity index (χ2n) is 3.95. The molecule has 0 radical (unpaired) electrons. The van der Waals surface area contributed by atoms with Crippen LogP contribution in [-0.2, 0) is 6.54 Å². The highest BCUT2D eigenvalue weighted by Crippen LogP contribution is 2.35. The van der Waals surface area contributed by atoms with Crippen LogP contribution < -0.4 is 5.73 Å². The molecule has 0 aliphatic carbocycles. The Morgan fingerprint density at radius 2 is 1.82 bits per heavy atom. The van der Waals surface area contributed by atoms with Crippen molar-refractivity contribution in [2.75, 3.05) is 0 Å². The highest BCUT2D eigenvalue weighted by Gasteiger charge is 2.09. The van der Waals surface area contributed by atoms with E-state index >= 15 is 0 Å². The van der Waals surface area contributed by atoms with E-state index < -0.39 is 0 Å². The zero-order chi connectivity index (χ0) is 12.4. The topological polar surface area (TPSA) is 26.0 Å². The van der Waals surface area contributed by atoms with E-state index in [1.54, 1.807) is 6.07 Å². The first-order chi connectivity index (χ1) is 8.13. The number of hydrogen-bond acceptors (Lipinski definition) is 1. The van der Waals surface area contributed by atoms with Crippen LogP contribution in [0.25, 0.3) is 11.1 Å². The third-order valence-electron chi connectivity index (χ3n) is 2.78. The zero-order valence-corrected chi connectivity index (χ0v) is 11.0. The van der Waals surface area contributed by atoms with E-state index in [0.29, 0.717) is 16.6 Å². The van der Waals surface area contributed by atoms with Crippen LogP contribution in [0.2, 0.25) is 10.0 Å². The van der Waals surface area contributed by atoms with Gasteiger partial charge in [-0.1, -0.05) is 47.5 Å². The molecule has 0 aromatic heterocycles. The molecule has 0 atom stereocenters. The first kappa shape index (κ1) is 12.4. The molecule has 2 aromatic carbocycles. The smallest absolute Gasteiger partial charge is 0.0670 e. The molecule has 2 rings (SSSR count). The van der Waals surface area contributed by atoms with Gasteiger partial charge in [0.1, 0.15) is 0 Å². The van der Waals surface area contributed by atoms with Crippen LogP contribution in [0.5, 0.6) is 0 Å². The fourth-order valence-corrected chi connectivity index (χ4v) is 2.20. The van der Waals surface area contributed by atoms with Gasteiger partial charge in [0.25, 0.3) is 0 Å². The Morgan fingerprint density at radius 3 is 2.53 bits per heavy atom. The molecule has 0 aliphatic rings. The van der Waals surface area contributed by atoms with Gasteiger partial charge in [-0.05, 0) is 35.7 Å². The zero-order valence-electron chi connectivity index (χ0n) is 9.50. The highest BCUT2D eigenvalue weighted by atomic mass is 35.5. The summed E-state index contributed by atoms with van der Waals surface area (Å²) < 4.78 is 0. The quantitative estimate of drug-likeness (QED) is 0.855. The van der Waals surface area contributed by atoms with E-state index in [2.05, 4.69) is 12.1 Å². The molecule has 0 fully saturated rings. The van der Waals surface area contributed by atoms with Crippen LogP contribution in [0.1, 0.15) is 11.1 Å². The van der Waals surface area contributed by atoms with E-state index in [4.69, 9.17) is 28.9 Å². The third kappa shape index (κ3) is 2.47. The maximum absolute atomic E-state index is 6.23. The fraction of sp³-hybridized carbons (Fsp3) is 0.143. The van der Waals surface area contributed by atoms with Gasteiger partial charge in [0, 0.05) is 12.1 Å². The van der Waals surface area contributed by atoms with Crippen molar-refractivity contribution in [3.8, 4) is 11.1 Å². The van der Waals surface area contributed by atoms with E-state index in [0.717, 1.165) is 22.3 Å². The van der Waals surface area contributed by atoms with Gasteiger partial charge < -0.3 is 5.73 Å². The summed E-state index contributed by atoms with van der Waals surface area (Å²) in [5.74, 6) is 0. The van der Waals surface area contributed by atoms with Crippen molar-refractivity contribution in [3.63, 3.8) is 0 Å². The van der Waals surface area contributed by atoms with E-state index in [1.807, 2.05) is 25.1 Å². The Morgan fingerprint density at radius 1 is 1.06 bits per heavy atom. The minimum absolute atomic E-state index is 0.519. The molecule has 0 heterocycles. The summed E-state index contributed by atoms with van der Waals surface area (Å²) in [7, 11) is 0. The fourth-order valence-electron chi connectivity index (χ4n) is 1.80. The average molecular weight is 266 g/mol. The Labute approximate surface area is 111 Å². The van der Waals surface area contributed by atoms with Crippen LogP contribution in [-0.4, -0.2) is 0 Å². The summed E-state index contributed by atoms with van der Waals surface area (Å²) in [4.78, 5) is 0. The molecule has 3 heteroatoms. The normalized spacial score (nSPS) is 10.6. The molecule has 2 aromatic rings. The summed E-state index contributed by atoms with van der Waals surface area (Å²) in [5, 5.41) is 1.16. The Bertz CT molecular complexity index is 550. The predicted octanol–water partition coefficient (Wildman–Crippen LogP) is 4.43. The van der Waals surface area contributed by atoms with Crippen LogP contribution in [0, 0.1) is 6.92 Å². The number of benzene rings is 2. The molecule has 0 unspecified atom stereocenters. The van der Waals surface area contributed by atoms with Gasteiger partial charge in [-0.25, -0.2) is 0 Å². The first-order valence-corrected chi connectivity index (χ1v) is 6.13. The molecule has 1 nitrogen and oxygen atoms in total. The summed E-state index contributed by atoms with van der Waals surface area (Å²) >= 11 is 12.3. The minimum Gasteiger partial charge on any atom is -0.326 e. The van der Waals surface area contributed by atoms with Crippen molar-refractivity contribution in [2.45, 2.75) is 13.5 Å². The number of rotatable bonds is 2. The largest absolute Gasteiger partial charge is 0.326 e. The Balaban J connectivity index is 2.63. The second kappa shape index (κ2) is 5.09. The molecule has 0 bridgehead atoms. The average Bonchev–Trinajstić information content (AvgIpc) is 2.34. The van der Waals surface area contributed by atoms with E-state index in [1.165, 1.54) is 0 Å². The number of hydrogen-bond donors (Lipinski definition) is 1. The summed E-state index contributed by atoms with van der Waals surface area (Å²) in [6, 6.07) is 11.8. The Kier molecular flexibility index (Phi) is 3.72. The summed E-state index contributed by atoms with van der Waals surface area (Å²) in [6.07, 6.45) is 0. The first-order valence-electron chi connectivity index (χ1n) is 5.37. The summed E-state index contributed by atoms with van der Waals surface area (Å²) in [5.41, 5.74) is 9.93. The van der Waals surface area contributed by atoms with Crippen LogP contribution in [0.3, 0.4) is 0 Å². The van der Waals surface area contributed by atoms with Crippen molar-refractivity contribution < 1.29 is 0 Å². The molecule has 17 heavy (non-hydrogen) atoms. The number of halogens is 2. The van der Waals surface area contributed by atoms with Crippen molar-refractivity contribution in [3.05, 3.63) is 57.6 Å².